The predicted octanol–water partition coefficient (Wildman–Crippen LogP) is 2.14. The fourth-order valence-corrected chi connectivity index (χ4v) is 2.41. The van der Waals surface area contributed by atoms with E-state index in [0.717, 1.165) is 5.69 Å². The maximum Gasteiger partial charge on any atom is 0.294 e. The second-order valence-electron chi connectivity index (χ2n) is 3.71. The maximum atomic E-state index is 10.8. The van der Waals surface area contributed by atoms with Gasteiger partial charge in [-0.25, -0.2) is 4.98 Å². The molecule has 1 aromatic heterocycles. The van der Waals surface area contributed by atoms with E-state index in [0.29, 0.717) is 10.7 Å². The molecule has 0 unspecified atom stereocenters. The molecule has 0 amide bonds. The summed E-state index contributed by atoms with van der Waals surface area (Å²) in [6, 6.07) is 5.71. The number of anilines is 1. The molecule has 0 spiro atoms. The zero-order valence-corrected chi connectivity index (χ0v) is 11.6. The summed E-state index contributed by atoms with van der Waals surface area (Å²) >= 11 is 1.44. The number of hydrazone groups is 1. The van der Waals surface area contributed by atoms with Crippen molar-refractivity contribution in [2.45, 2.75) is 11.8 Å². The SMILES string of the molecule is Cc1csc(NN=Cc2ccc(S(=O)(=O)O)cc2)n1. The summed E-state index contributed by atoms with van der Waals surface area (Å²) in [7, 11) is -4.15. The van der Waals surface area contributed by atoms with Crippen LogP contribution in [0.2, 0.25) is 0 Å². The van der Waals surface area contributed by atoms with E-state index in [1.807, 2.05) is 12.3 Å². The van der Waals surface area contributed by atoms with Gasteiger partial charge in [-0.2, -0.15) is 13.5 Å². The average Bonchev–Trinajstić information content (AvgIpc) is 2.75. The molecule has 0 aliphatic rings. The van der Waals surface area contributed by atoms with Gasteiger partial charge >= 0.3 is 0 Å². The Labute approximate surface area is 114 Å². The van der Waals surface area contributed by atoms with Crippen LogP contribution in [-0.4, -0.2) is 24.2 Å². The highest BCUT2D eigenvalue weighted by Gasteiger charge is 2.07. The zero-order valence-electron chi connectivity index (χ0n) is 9.94. The monoisotopic (exact) mass is 297 g/mol. The Hall–Kier alpha value is -1.77. The molecule has 0 saturated carbocycles. The van der Waals surface area contributed by atoms with Crippen molar-refractivity contribution in [2.24, 2.45) is 5.10 Å². The van der Waals surface area contributed by atoms with Gasteiger partial charge in [-0.05, 0) is 24.6 Å². The van der Waals surface area contributed by atoms with E-state index < -0.39 is 10.1 Å². The minimum atomic E-state index is -4.15. The number of aryl methyl sites for hydroxylation is 1. The lowest BCUT2D eigenvalue weighted by Crippen LogP contribution is -1.98. The van der Waals surface area contributed by atoms with Crippen LogP contribution in [-0.2, 0) is 10.1 Å². The summed E-state index contributed by atoms with van der Waals surface area (Å²) in [6.45, 7) is 1.89. The zero-order chi connectivity index (χ0) is 13.9. The number of benzene rings is 1. The summed E-state index contributed by atoms with van der Waals surface area (Å²) in [5, 5.41) is 6.56. The van der Waals surface area contributed by atoms with E-state index in [1.54, 1.807) is 12.1 Å². The molecular formula is C11H11N3O3S2. The third-order valence-electron chi connectivity index (χ3n) is 2.17. The molecule has 1 aromatic carbocycles. The molecule has 100 valence electrons. The van der Waals surface area contributed by atoms with E-state index in [1.165, 1.54) is 29.7 Å². The van der Waals surface area contributed by atoms with Gasteiger partial charge in [0.2, 0.25) is 5.13 Å². The number of aromatic nitrogens is 1. The molecule has 0 atom stereocenters. The second-order valence-corrected chi connectivity index (χ2v) is 5.99. The lowest BCUT2D eigenvalue weighted by atomic mass is 10.2. The van der Waals surface area contributed by atoms with Crippen LogP contribution >= 0.6 is 11.3 Å². The van der Waals surface area contributed by atoms with Crippen LogP contribution in [0.15, 0.2) is 39.6 Å². The lowest BCUT2D eigenvalue weighted by Gasteiger charge is -1.97. The molecular weight excluding hydrogens is 286 g/mol. The summed E-state index contributed by atoms with van der Waals surface area (Å²) < 4.78 is 30.5. The Bertz CT molecular complexity index is 690. The molecule has 0 aliphatic carbocycles. The molecule has 0 saturated heterocycles. The number of hydrogen-bond acceptors (Lipinski definition) is 6. The van der Waals surface area contributed by atoms with Crippen LogP contribution in [0.5, 0.6) is 0 Å². The molecule has 0 fully saturated rings. The van der Waals surface area contributed by atoms with E-state index >= 15 is 0 Å². The summed E-state index contributed by atoms with van der Waals surface area (Å²) in [6.07, 6.45) is 1.53. The van der Waals surface area contributed by atoms with Crippen molar-refractivity contribution in [3.63, 3.8) is 0 Å². The Balaban J connectivity index is 2.03. The number of nitrogens with one attached hydrogen (secondary N) is 1. The number of hydrogen-bond donors (Lipinski definition) is 2. The highest BCUT2D eigenvalue weighted by Crippen LogP contribution is 2.14. The molecule has 2 aromatic rings. The van der Waals surface area contributed by atoms with Gasteiger partial charge in [0.15, 0.2) is 0 Å². The average molecular weight is 297 g/mol. The minimum Gasteiger partial charge on any atom is -0.282 e. The fraction of sp³-hybridized carbons (Fsp3) is 0.0909. The Morgan fingerprint density at radius 2 is 2.05 bits per heavy atom. The Morgan fingerprint density at radius 3 is 2.58 bits per heavy atom. The Morgan fingerprint density at radius 1 is 1.37 bits per heavy atom. The van der Waals surface area contributed by atoms with Crippen LogP contribution in [0.1, 0.15) is 11.3 Å². The van der Waals surface area contributed by atoms with Crippen molar-refractivity contribution in [1.82, 2.24) is 4.98 Å². The quantitative estimate of drug-likeness (QED) is 0.512. The third kappa shape index (κ3) is 3.85. The summed E-state index contributed by atoms with van der Waals surface area (Å²) in [5.41, 5.74) is 4.39. The van der Waals surface area contributed by atoms with Crippen molar-refractivity contribution in [1.29, 1.82) is 0 Å². The minimum absolute atomic E-state index is 0.145. The van der Waals surface area contributed by atoms with Crippen LogP contribution < -0.4 is 5.43 Å². The lowest BCUT2D eigenvalue weighted by molar-refractivity contribution is 0.483. The number of nitrogens with zero attached hydrogens (tertiary/aromatic N) is 2. The number of rotatable bonds is 4. The standard InChI is InChI=1S/C11H11N3O3S2/c1-8-7-18-11(13-8)14-12-6-9-2-4-10(5-3-9)19(15,16)17/h2-7H,1H3,(H,13,14)(H,15,16,17). The molecule has 2 N–H and O–H groups in total. The van der Waals surface area contributed by atoms with Crippen molar-refractivity contribution < 1.29 is 13.0 Å². The van der Waals surface area contributed by atoms with E-state index in [2.05, 4.69) is 15.5 Å². The maximum absolute atomic E-state index is 10.8. The largest absolute Gasteiger partial charge is 0.294 e. The predicted molar refractivity (Wildman–Crippen MR) is 74.3 cm³/mol. The smallest absolute Gasteiger partial charge is 0.282 e. The van der Waals surface area contributed by atoms with Gasteiger partial charge in [-0.15, -0.1) is 11.3 Å². The summed E-state index contributed by atoms with van der Waals surface area (Å²) in [4.78, 5) is 4.02. The van der Waals surface area contributed by atoms with Gasteiger partial charge in [0, 0.05) is 5.38 Å². The molecule has 0 radical (unpaired) electrons. The molecule has 0 aliphatic heterocycles. The molecule has 2 rings (SSSR count). The first-order chi connectivity index (χ1) is 8.95. The van der Waals surface area contributed by atoms with E-state index in [9.17, 15) is 8.42 Å². The van der Waals surface area contributed by atoms with Gasteiger partial charge in [-0.3, -0.25) is 9.98 Å². The molecule has 6 nitrogen and oxygen atoms in total. The highest BCUT2D eigenvalue weighted by molar-refractivity contribution is 7.85. The van der Waals surface area contributed by atoms with Crippen molar-refractivity contribution in [2.75, 3.05) is 5.43 Å². The van der Waals surface area contributed by atoms with Gasteiger partial charge in [0.05, 0.1) is 16.8 Å². The first kappa shape index (κ1) is 13.7. The van der Waals surface area contributed by atoms with Gasteiger partial charge < -0.3 is 0 Å². The van der Waals surface area contributed by atoms with E-state index in [-0.39, 0.29) is 4.90 Å². The van der Waals surface area contributed by atoms with Gasteiger partial charge in [-0.1, -0.05) is 12.1 Å². The van der Waals surface area contributed by atoms with Crippen molar-refractivity contribution >= 4 is 32.8 Å². The first-order valence-electron chi connectivity index (χ1n) is 5.24. The second kappa shape index (κ2) is 5.47. The molecule has 8 heteroatoms. The van der Waals surface area contributed by atoms with E-state index in [4.69, 9.17) is 4.55 Å². The van der Waals surface area contributed by atoms with Crippen molar-refractivity contribution in [3.05, 3.63) is 40.9 Å². The van der Waals surface area contributed by atoms with Crippen LogP contribution in [0.3, 0.4) is 0 Å². The highest BCUT2D eigenvalue weighted by atomic mass is 32.2. The van der Waals surface area contributed by atoms with Crippen molar-refractivity contribution in [3.8, 4) is 0 Å². The Kier molecular flexibility index (Phi) is 3.93. The normalized spacial score (nSPS) is 11.9. The van der Waals surface area contributed by atoms with Crippen LogP contribution in [0.25, 0.3) is 0 Å². The van der Waals surface area contributed by atoms with Gasteiger partial charge in [0.25, 0.3) is 10.1 Å². The molecule has 1 heterocycles. The van der Waals surface area contributed by atoms with Crippen LogP contribution in [0, 0.1) is 6.92 Å². The topological polar surface area (TPSA) is 91.7 Å². The fourth-order valence-electron chi connectivity index (χ4n) is 1.29. The first-order valence-corrected chi connectivity index (χ1v) is 7.56. The van der Waals surface area contributed by atoms with Crippen LogP contribution in [0.4, 0.5) is 5.13 Å². The third-order valence-corrected chi connectivity index (χ3v) is 3.90. The molecule has 0 bridgehead atoms. The van der Waals surface area contributed by atoms with Gasteiger partial charge in [0.1, 0.15) is 0 Å². The number of thiazole rings is 1. The molecule has 19 heavy (non-hydrogen) atoms. The summed E-state index contributed by atoms with van der Waals surface area (Å²) in [5.74, 6) is 0.